The molecule has 0 aliphatic carbocycles. The van der Waals surface area contributed by atoms with Gasteiger partial charge in [0, 0.05) is 12.1 Å². The lowest BCUT2D eigenvalue weighted by molar-refractivity contribution is -0.121. The van der Waals surface area contributed by atoms with E-state index in [0.29, 0.717) is 18.4 Å². The third kappa shape index (κ3) is 4.67. The molecule has 2 unspecified atom stereocenters. The van der Waals surface area contributed by atoms with E-state index in [0.717, 1.165) is 19.4 Å². The molecule has 0 aromatic rings. The van der Waals surface area contributed by atoms with E-state index in [1.807, 2.05) is 0 Å². The van der Waals surface area contributed by atoms with Crippen LogP contribution in [0.1, 0.15) is 33.1 Å². The molecule has 2 aliphatic rings. The highest BCUT2D eigenvalue weighted by atomic mass is 32.2. The molecule has 2 N–H and O–H groups in total. The summed E-state index contributed by atoms with van der Waals surface area (Å²) in [6.45, 7) is 5.35. The quantitative estimate of drug-likeness (QED) is 0.763. The molecule has 22 heavy (non-hydrogen) atoms. The van der Waals surface area contributed by atoms with E-state index in [-0.39, 0.29) is 24.0 Å². The van der Waals surface area contributed by atoms with Crippen molar-refractivity contribution in [3.8, 4) is 0 Å². The molecule has 2 rings (SSSR count). The van der Waals surface area contributed by atoms with Crippen LogP contribution in [0.3, 0.4) is 0 Å². The second-order valence-electron chi connectivity index (χ2n) is 6.55. The van der Waals surface area contributed by atoms with Gasteiger partial charge in [0.15, 0.2) is 9.84 Å². The lowest BCUT2D eigenvalue weighted by Gasteiger charge is -2.26. The molecule has 0 spiro atoms. The summed E-state index contributed by atoms with van der Waals surface area (Å²) < 4.78 is 22.7. The Morgan fingerprint density at radius 3 is 2.59 bits per heavy atom. The monoisotopic (exact) mass is 331 g/mol. The smallest absolute Gasteiger partial charge is 0.321 e. The Morgan fingerprint density at radius 1 is 1.27 bits per heavy atom. The van der Waals surface area contributed by atoms with Crippen LogP contribution in [0.4, 0.5) is 4.79 Å². The number of nitrogens with zero attached hydrogens (tertiary/aromatic N) is 1. The Bertz CT molecular complexity index is 532. The molecule has 2 heterocycles. The van der Waals surface area contributed by atoms with Gasteiger partial charge in [-0.3, -0.25) is 15.0 Å². The van der Waals surface area contributed by atoms with Crippen LogP contribution in [-0.4, -0.2) is 61.9 Å². The zero-order valence-corrected chi connectivity index (χ0v) is 14.0. The highest BCUT2D eigenvalue weighted by Crippen LogP contribution is 2.22. The molecule has 2 atom stereocenters. The predicted octanol–water partition coefficient (Wildman–Crippen LogP) is 0.120. The summed E-state index contributed by atoms with van der Waals surface area (Å²) in [5, 5.41) is 4.85. The molecule has 2 fully saturated rings. The van der Waals surface area contributed by atoms with E-state index < -0.39 is 21.9 Å². The number of sulfone groups is 1. The second-order valence-corrected chi connectivity index (χ2v) is 8.77. The Kier molecular flexibility index (Phi) is 5.44. The summed E-state index contributed by atoms with van der Waals surface area (Å²) in [4.78, 5) is 25.8. The van der Waals surface area contributed by atoms with Crippen LogP contribution in [0.2, 0.25) is 0 Å². The maximum absolute atomic E-state index is 11.9. The number of carbonyl (C=O) groups is 2. The first-order chi connectivity index (χ1) is 10.3. The van der Waals surface area contributed by atoms with E-state index in [1.54, 1.807) is 0 Å². The minimum atomic E-state index is -3.04. The van der Waals surface area contributed by atoms with Crippen molar-refractivity contribution in [1.29, 1.82) is 0 Å². The van der Waals surface area contributed by atoms with Gasteiger partial charge in [-0.05, 0) is 31.7 Å². The number of urea groups is 1. The topological polar surface area (TPSA) is 95.6 Å². The summed E-state index contributed by atoms with van der Waals surface area (Å²) >= 11 is 0. The Labute approximate surface area is 131 Å². The van der Waals surface area contributed by atoms with Gasteiger partial charge in [0.1, 0.15) is 0 Å². The van der Waals surface area contributed by atoms with Gasteiger partial charge in [-0.25, -0.2) is 13.2 Å². The number of amides is 3. The van der Waals surface area contributed by atoms with E-state index in [2.05, 4.69) is 29.4 Å². The van der Waals surface area contributed by atoms with Gasteiger partial charge in [0.25, 0.3) is 0 Å². The Balaban J connectivity index is 1.76. The van der Waals surface area contributed by atoms with Crippen LogP contribution in [0, 0.1) is 5.92 Å². The van der Waals surface area contributed by atoms with Gasteiger partial charge in [-0.1, -0.05) is 13.8 Å². The van der Waals surface area contributed by atoms with E-state index >= 15 is 0 Å². The number of hydrogen-bond acceptors (Lipinski definition) is 5. The third-order valence-electron chi connectivity index (χ3n) is 4.35. The van der Waals surface area contributed by atoms with Crippen LogP contribution in [-0.2, 0) is 14.6 Å². The highest BCUT2D eigenvalue weighted by molar-refractivity contribution is 7.91. The van der Waals surface area contributed by atoms with Gasteiger partial charge < -0.3 is 5.32 Å². The number of nitrogens with one attached hydrogen (secondary N) is 2. The SMILES string of the molecule is CC(C)C1CCCN1CC(=O)NC(=O)NC1CCS(=O)(=O)C1. The van der Waals surface area contributed by atoms with Crippen molar-refractivity contribution in [2.75, 3.05) is 24.6 Å². The van der Waals surface area contributed by atoms with E-state index in [4.69, 9.17) is 0 Å². The maximum atomic E-state index is 11.9. The standard InChI is InChI=1S/C14H25N3O4S/c1-10(2)12-4-3-6-17(12)8-13(18)16-14(19)15-11-5-7-22(20,21)9-11/h10-12H,3-9H2,1-2H3,(H2,15,16,18,19). The predicted molar refractivity (Wildman–Crippen MR) is 83.2 cm³/mol. The summed E-state index contributed by atoms with van der Waals surface area (Å²) in [5.41, 5.74) is 0. The molecule has 3 amide bonds. The lowest BCUT2D eigenvalue weighted by atomic mass is 10.0. The van der Waals surface area contributed by atoms with Crippen molar-refractivity contribution < 1.29 is 18.0 Å². The van der Waals surface area contributed by atoms with Crippen LogP contribution < -0.4 is 10.6 Å². The first-order valence-electron chi connectivity index (χ1n) is 7.81. The second kappa shape index (κ2) is 6.95. The van der Waals surface area contributed by atoms with Crippen LogP contribution in [0.25, 0.3) is 0 Å². The largest absolute Gasteiger partial charge is 0.334 e. The van der Waals surface area contributed by atoms with E-state index in [1.165, 1.54) is 0 Å². The van der Waals surface area contributed by atoms with Crippen molar-refractivity contribution in [2.24, 2.45) is 5.92 Å². The zero-order chi connectivity index (χ0) is 16.3. The fraction of sp³-hybridized carbons (Fsp3) is 0.857. The molecular formula is C14H25N3O4S. The Morgan fingerprint density at radius 2 is 2.00 bits per heavy atom. The summed E-state index contributed by atoms with van der Waals surface area (Å²) in [7, 11) is -3.04. The number of likely N-dealkylation sites (tertiary alicyclic amines) is 1. The normalized spacial score (nSPS) is 28.0. The fourth-order valence-corrected chi connectivity index (χ4v) is 4.96. The van der Waals surface area contributed by atoms with Gasteiger partial charge in [-0.15, -0.1) is 0 Å². The zero-order valence-electron chi connectivity index (χ0n) is 13.2. The summed E-state index contributed by atoms with van der Waals surface area (Å²) in [5.74, 6) is 0.185. The molecule has 2 saturated heterocycles. The van der Waals surface area contributed by atoms with Gasteiger partial charge in [0.2, 0.25) is 5.91 Å². The molecule has 0 bridgehead atoms. The molecule has 0 aromatic carbocycles. The van der Waals surface area contributed by atoms with Crippen LogP contribution in [0.5, 0.6) is 0 Å². The molecule has 0 aromatic heterocycles. The van der Waals surface area contributed by atoms with Crippen molar-refractivity contribution in [3.63, 3.8) is 0 Å². The van der Waals surface area contributed by atoms with Crippen molar-refractivity contribution in [2.45, 2.75) is 45.2 Å². The van der Waals surface area contributed by atoms with Gasteiger partial charge >= 0.3 is 6.03 Å². The molecule has 0 saturated carbocycles. The first-order valence-corrected chi connectivity index (χ1v) is 9.64. The molecule has 0 radical (unpaired) electrons. The third-order valence-corrected chi connectivity index (χ3v) is 6.12. The number of imide groups is 1. The number of rotatable bonds is 4. The molecule has 126 valence electrons. The number of hydrogen-bond donors (Lipinski definition) is 2. The number of carbonyl (C=O) groups excluding carboxylic acids is 2. The van der Waals surface area contributed by atoms with E-state index in [9.17, 15) is 18.0 Å². The molecule has 8 heteroatoms. The fourth-order valence-electron chi connectivity index (χ4n) is 3.28. The average Bonchev–Trinajstić information content (AvgIpc) is 2.95. The summed E-state index contributed by atoms with van der Waals surface area (Å²) in [6.07, 6.45) is 2.56. The molecule has 2 aliphatic heterocycles. The van der Waals surface area contributed by atoms with Crippen LogP contribution >= 0.6 is 0 Å². The Hall–Kier alpha value is -1.15. The highest BCUT2D eigenvalue weighted by Gasteiger charge is 2.31. The van der Waals surface area contributed by atoms with Crippen molar-refractivity contribution in [3.05, 3.63) is 0 Å². The first kappa shape index (κ1) is 17.2. The van der Waals surface area contributed by atoms with Gasteiger partial charge in [0.05, 0.1) is 18.1 Å². The van der Waals surface area contributed by atoms with Crippen molar-refractivity contribution >= 4 is 21.8 Å². The molecular weight excluding hydrogens is 306 g/mol. The maximum Gasteiger partial charge on any atom is 0.321 e. The van der Waals surface area contributed by atoms with Crippen molar-refractivity contribution in [1.82, 2.24) is 15.5 Å². The molecule has 7 nitrogen and oxygen atoms in total. The van der Waals surface area contributed by atoms with Crippen LogP contribution in [0.15, 0.2) is 0 Å². The lowest BCUT2D eigenvalue weighted by Crippen LogP contribution is -2.49. The van der Waals surface area contributed by atoms with Gasteiger partial charge in [-0.2, -0.15) is 0 Å². The average molecular weight is 331 g/mol. The summed E-state index contributed by atoms with van der Waals surface area (Å²) in [6, 6.07) is -0.617. The minimum Gasteiger partial charge on any atom is -0.334 e. The minimum absolute atomic E-state index is 0.0455.